The first-order chi connectivity index (χ1) is 11.5. The second-order valence-corrected chi connectivity index (χ2v) is 6.40. The molecule has 6 heteroatoms. The van der Waals surface area contributed by atoms with Crippen molar-refractivity contribution < 1.29 is 14.0 Å². The van der Waals surface area contributed by atoms with Crippen LogP contribution in [0.2, 0.25) is 0 Å². The fraction of sp³-hybridized carbons (Fsp3) is 0.389. The van der Waals surface area contributed by atoms with Gasteiger partial charge in [0.05, 0.1) is 5.41 Å². The van der Waals surface area contributed by atoms with Crippen LogP contribution < -0.4 is 11.1 Å². The molecular weight excluding hydrogens is 309 g/mol. The minimum atomic E-state index is -0.899. The van der Waals surface area contributed by atoms with E-state index in [0.717, 1.165) is 12.8 Å². The van der Waals surface area contributed by atoms with Crippen molar-refractivity contribution in [2.45, 2.75) is 25.7 Å². The average Bonchev–Trinajstić information content (AvgIpc) is 3.41. The number of carbonyl (C=O) groups excluding carboxylic acids is 2. The summed E-state index contributed by atoms with van der Waals surface area (Å²) in [6.45, 7) is 0. The van der Waals surface area contributed by atoms with Crippen LogP contribution in [-0.4, -0.2) is 24.6 Å². The summed E-state index contributed by atoms with van der Waals surface area (Å²) in [5.74, 6) is -0.995. The van der Waals surface area contributed by atoms with E-state index < -0.39 is 11.3 Å². The molecule has 1 aromatic rings. The Hall–Kier alpha value is -2.50. The van der Waals surface area contributed by atoms with Gasteiger partial charge in [0.15, 0.2) is 0 Å². The van der Waals surface area contributed by atoms with Crippen molar-refractivity contribution in [1.82, 2.24) is 5.32 Å². The number of hydrogen-bond acceptors (Lipinski definition) is 3. The van der Waals surface area contributed by atoms with E-state index in [9.17, 15) is 14.0 Å². The van der Waals surface area contributed by atoms with Gasteiger partial charge in [0, 0.05) is 25.6 Å². The molecule has 1 aromatic carbocycles. The number of aliphatic imine (C=N–C) groups is 1. The average molecular weight is 329 g/mol. The number of amides is 2. The van der Waals surface area contributed by atoms with E-state index in [2.05, 4.69) is 10.3 Å². The van der Waals surface area contributed by atoms with Gasteiger partial charge in [0.25, 0.3) is 5.91 Å². The molecule has 1 aliphatic heterocycles. The second kappa shape index (κ2) is 6.19. The van der Waals surface area contributed by atoms with Crippen LogP contribution in [-0.2, 0) is 16.0 Å². The monoisotopic (exact) mass is 329 g/mol. The van der Waals surface area contributed by atoms with E-state index in [-0.39, 0.29) is 36.2 Å². The lowest BCUT2D eigenvalue weighted by Gasteiger charge is -2.31. The molecular formula is C18H20FN3O2. The molecule has 0 aromatic heterocycles. The molecule has 0 spiro atoms. The summed E-state index contributed by atoms with van der Waals surface area (Å²) in [4.78, 5) is 28.7. The lowest BCUT2D eigenvalue weighted by atomic mass is 9.74. The number of primary amides is 1. The number of benzene rings is 1. The predicted molar refractivity (Wildman–Crippen MR) is 88.7 cm³/mol. The van der Waals surface area contributed by atoms with Gasteiger partial charge in [-0.25, -0.2) is 4.39 Å². The molecule has 0 radical (unpaired) electrons. The quantitative estimate of drug-likeness (QED) is 0.862. The van der Waals surface area contributed by atoms with Gasteiger partial charge >= 0.3 is 0 Å². The zero-order valence-corrected chi connectivity index (χ0v) is 13.5. The van der Waals surface area contributed by atoms with Crippen LogP contribution >= 0.6 is 0 Å². The highest BCUT2D eigenvalue weighted by molar-refractivity contribution is 6.39. The fourth-order valence-corrected chi connectivity index (χ4v) is 3.29. The summed E-state index contributed by atoms with van der Waals surface area (Å²) in [6, 6.07) is 6.41. The summed E-state index contributed by atoms with van der Waals surface area (Å²) in [6.07, 6.45) is 3.97. The largest absolute Gasteiger partial charge is 0.369 e. The van der Waals surface area contributed by atoms with Crippen LogP contribution in [0.4, 0.5) is 4.39 Å². The highest BCUT2D eigenvalue weighted by atomic mass is 19.1. The third-order valence-corrected chi connectivity index (χ3v) is 4.75. The Morgan fingerprint density at radius 3 is 2.67 bits per heavy atom. The zero-order valence-electron chi connectivity index (χ0n) is 13.5. The Kier molecular flexibility index (Phi) is 4.22. The Labute approximate surface area is 139 Å². The van der Waals surface area contributed by atoms with Gasteiger partial charge in [0.2, 0.25) is 5.91 Å². The molecule has 0 saturated heterocycles. The van der Waals surface area contributed by atoms with Gasteiger partial charge in [-0.3, -0.25) is 14.6 Å². The van der Waals surface area contributed by atoms with Crippen molar-refractivity contribution in [3.63, 3.8) is 0 Å². The highest BCUT2D eigenvalue weighted by Gasteiger charge is 2.51. The van der Waals surface area contributed by atoms with Gasteiger partial charge < -0.3 is 11.1 Å². The highest BCUT2D eigenvalue weighted by Crippen LogP contribution is 2.51. The van der Waals surface area contributed by atoms with Crippen molar-refractivity contribution in [1.29, 1.82) is 0 Å². The number of nitrogens with one attached hydrogen (secondary N) is 1. The van der Waals surface area contributed by atoms with Crippen LogP contribution in [0, 0.1) is 17.2 Å². The topological polar surface area (TPSA) is 84.6 Å². The number of allylic oxidation sites excluding steroid dienone is 1. The molecule has 24 heavy (non-hydrogen) atoms. The summed E-state index contributed by atoms with van der Waals surface area (Å²) in [5.41, 5.74) is 6.05. The molecule has 2 amide bonds. The molecule has 1 unspecified atom stereocenters. The SMILES string of the molecule is CNC(=O)C1=NC(Cc2ccccc2F)=CC(C(N)=O)(C2CC2)C1. The van der Waals surface area contributed by atoms with Crippen LogP contribution in [0.5, 0.6) is 0 Å². The fourth-order valence-electron chi connectivity index (χ4n) is 3.29. The molecule has 126 valence electrons. The van der Waals surface area contributed by atoms with E-state index in [1.165, 1.54) is 13.1 Å². The maximum Gasteiger partial charge on any atom is 0.265 e. The number of carbonyl (C=O) groups is 2. The van der Waals surface area contributed by atoms with Crippen LogP contribution in [0.15, 0.2) is 41.0 Å². The molecule has 5 nitrogen and oxygen atoms in total. The van der Waals surface area contributed by atoms with E-state index in [4.69, 9.17) is 5.73 Å². The van der Waals surface area contributed by atoms with E-state index >= 15 is 0 Å². The Morgan fingerprint density at radius 2 is 2.08 bits per heavy atom. The third kappa shape index (κ3) is 2.96. The summed E-state index contributed by atoms with van der Waals surface area (Å²) < 4.78 is 13.9. The van der Waals surface area contributed by atoms with Gasteiger partial charge in [0.1, 0.15) is 11.5 Å². The van der Waals surface area contributed by atoms with Crippen molar-refractivity contribution in [2.75, 3.05) is 7.05 Å². The second-order valence-electron chi connectivity index (χ2n) is 6.40. The first kappa shape index (κ1) is 16.4. The van der Waals surface area contributed by atoms with Crippen LogP contribution in [0.1, 0.15) is 24.8 Å². The molecule has 1 fully saturated rings. The molecule has 1 aliphatic carbocycles. The van der Waals surface area contributed by atoms with Crippen molar-refractivity contribution in [3.8, 4) is 0 Å². The van der Waals surface area contributed by atoms with Gasteiger partial charge in [-0.2, -0.15) is 0 Å². The number of rotatable bonds is 5. The molecule has 2 aliphatic rings. The maximum atomic E-state index is 13.9. The molecule has 0 bridgehead atoms. The number of halogens is 1. The lowest BCUT2D eigenvalue weighted by Crippen LogP contribution is -2.44. The zero-order chi connectivity index (χ0) is 17.3. The first-order valence-electron chi connectivity index (χ1n) is 8.01. The summed E-state index contributed by atoms with van der Waals surface area (Å²) in [7, 11) is 1.52. The van der Waals surface area contributed by atoms with Crippen LogP contribution in [0.25, 0.3) is 0 Å². The van der Waals surface area contributed by atoms with Crippen molar-refractivity contribution in [2.24, 2.45) is 22.1 Å². The molecule has 3 N–H and O–H groups in total. The van der Waals surface area contributed by atoms with Crippen molar-refractivity contribution >= 4 is 17.5 Å². The van der Waals surface area contributed by atoms with E-state index in [1.54, 1.807) is 24.3 Å². The molecule has 1 atom stereocenters. The lowest BCUT2D eigenvalue weighted by molar-refractivity contribution is -0.126. The summed E-state index contributed by atoms with van der Waals surface area (Å²) >= 11 is 0. The molecule has 1 saturated carbocycles. The number of nitrogens with zero attached hydrogens (tertiary/aromatic N) is 1. The number of nitrogens with two attached hydrogens (primary N) is 1. The minimum absolute atomic E-state index is 0.126. The van der Waals surface area contributed by atoms with E-state index in [1.807, 2.05) is 0 Å². The Bertz CT molecular complexity index is 752. The Morgan fingerprint density at radius 1 is 1.38 bits per heavy atom. The van der Waals surface area contributed by atoms with Crippen molar-refractivity contribution in [3.05, 3.63) is 47.4 Å². The normalized spacial score (nSPS) is 23.2. The molecule has 3 rings (SSSR count). The predicted octanol–water partition coefficient (Wildman–Crippen LogP) is 1.72. The molecule has 1 heterocycles. The maximum absolute atomic E-state index is 13.9. The third-order valence-electron chi connectivity index (χ3n) is 4.75. The van der Waals surface area contributed by atoms with Gasteiger partial charge in [-0.1, -0.05) is 18.2 Å². The smallest absolute Gasteiger partial charge is 0.265 e. The van der Waals surface area contributed by atoms with E-state index in [0.29, 0.717) is 11.3 Å². The first-order valence-corrected chi connectivity index (χ1v) is 8.01. The van der Waals surface area contributed by atoms with Gasteiger partial charge in [-0.15, -0.1) is 0 Å². The van der Waals surface area contributed by atoms with Gasteiger partial charge in [-0.05, 0) is 36.5 Å². The van der Waals surface area contributed by atoms with Crippen LogP contribution in [0.3, 0.4) is 0 Å². The Balaban J connectivity index is 2.01. The number of hydrogen-bond donors (Lipinski definition) is 2. The minimum Gasteiger partial charge on any atom is -0.369 e. The summed E-state index contributed by atoms with van der Waals surface area (Å²) in [5, 5.41) is 2.54. The standard InChI is InChI=1S/C18H20FN3O2/c1-21-16(23)15-10-18(17(20)24,12-6-7-12)9-13(22-15)8-11-4-2-3-5-14(11)19/h2-5,9,12H,6-8,10H2,1H3,(H2,20,24)(H,21,23).